The van der Waals surface area contributed by atoms with Crippen molar-refractivity contribution < 1.29 is 4.79 Å². The first-order valence-electron chi connectivity index (χ1n) is 10.5. The molecule has 0 unspecified atom stereocenters. The van der Waals surface area contributed by atoms with E-state index < -0.39 is 0 Å². The number of benzene rings is 2. The van der Waals surface area contributed by atoms with Gasteiger partial charge in [0.15, 0.2) is 11.6 Å². The summed E-state index contributed by atoms with van der Waals surface area (Å²) in [6.45, 7) is 0. The van der Waals surface area contributed by atoms with E-state index in [-0.39, 0.29) is 12.2 Å². The van der Waals surface area contributed by atoms with Gasteiger partial charge in [0.05, 0.1) is 23.6 Å². The molecule has 6 aromatic rings. The third-order valence-electron chi connectivity index (χ3n) is 5.46. The number of ketones is 1. The lowest BCUT2D eigenvalue weighted by Crippen LogP contribution is -2.04. The van der Waals surface area contributed by atoms with Gasteiger partial charge < -0.3 is 10.3 Å². The lowest BCUT2D eigenvalue weighted by molar-refractivity contribution is 0.0989. The number of nitrogens with zero attached hydrogens (tertiary/aromatic N) is 6. The number of anilines is 2. The van der Waals surface area contributed by atoms with Crippen molar-refractivity contribution in [3.63, 3.8) is 0 Å². The molecule has 6 rings (SSSR count). The van der Waals surface area contributed by atoms with E-state index in [0.717, 1.165) is 38.6 Å². The van der Waals surface area contributed by atoms with Crippen LogP contribution in [0.4, 0.5) is 11.6 Å². The van der Waals surface area contributed by atoms with Crippen LogP contribution in [-0.2, 0) is 6.42 Å². The van der Waals surface area contributed by atoms with Crippen LogP contribution in [0.15, 0.2) is 73.4 Å². The van der Waals surface area contributed by atoms with Gasteiger partial charge in [-0.1, -0.05) is 12.1 Å². The molecular formula is C24H17N9O. The maximum Gasteiger partial charge on any atom is 0.230 e. The summed E-state index contributed by atoms with van der Waals surface area (Å²) < 4.78 is 0. The molecule has 10 nitrogen and oxygen atoms in total. The molecule has 0 atom stereocenters. The van der Waals surface area contributed by atoms with E-state index >= 15 is 0 Å². The molecule has 0 amide bonds. The predicted molar refractivity (Wildman–Crippen MR) is 127 cm³/mol. The van der Waals surface area contributed by atoms with Crippen molar-refractivity contribution in [2.45, 2.75) is 6.42 Å². The second-order valence-corrected chi connectivity index (χ2v) is 7.77. The van der Waals surface area contributed by atoms with Crippen molar-refractivity contribution in [2.75, 3.05) is 5.32 Å². The van der Waals surface area contributed by atoms with Crippen LogP contribution in [0.25, 0.3) is 33.2 Å². The zero-order valence-corrected chi connectivity index (χ0v) is 17.7. The lowest BCUT2D eigenvalue weighted by Gasteiger charge is -2.06. The van der Waals surface area contributed by atoms with Crippen LogP contribution in [0.2, 0.25) is 0 Å². The Balaban J connectivity index is 1.25. The van der Waals surface area contributed by atoms with Crippen molar-refractivity contribution in [2.24, 2.45) is 0 Å². The van der Waals surface area contributed by atoms with Gasteiger partial charge >= 0.3 is 0 Å². The fourth-order valence-corrected chi connectivity index (χ4v) is 3.76. The lowest BCUT2D eigenvalue weighted by atomic mass is 10.1. The molecule has 0 aliphatic heterocycles. The molecule has 0 radical (unpaired) electrons. The van der Waals surface area contributed by atoms with E-state index in [4.69, 9.17) is 0 Å². The third-order valence-corrected chi connectivity index (χ3v) is 5.46. The number of Topliss-reactive ketones (excluding diaryl/α,β-unsaturated/α-hetero) is 1. The van der Waals surface area contributed by atoms with Gasteiger partial charge in [0.2, 0.25) is 5.95 Å². The average Bonchev–Trinajstić information content (AvgIpc) is 3.51. The Morgan fingerprint density at radius 2 is 1.88 bits per heavy atom. The quantitative estimate of drug-likeness (QED) is 0.327. The van der Waals surface area contributed by atoms with Crippen LogP contribution < -0.4 is 5.32 Å². The molecule has 0 aliphatic carbocycles. The van der Waals surface area contributed by atoms with Crippen LogP contribution >= 0.6 is 0 Å². The molecule has 0 spiro atoms. The van der Waals surface area contributed by atoms with E-state index in [2.05, 4.69) is 45.6 Å². The Morgan fingerprint density at radius 1 is 0.912 bits per heavy atom. The number of aromatic nitrogens is 8. The normalized spacial score (nSPS) is 11.2. The molecule has 0 bridgehead atoms. The van der Waals surface area contributed by atoms with Crippen LogP contribution in [0.5, 0.6) is 0 Å². The largest absolute Gasteiger partial charge is 0.352 e. The summed E-state index contributed by atoms with van der Waals surface area (Å²) >= 11 is 0. The number of hydrogen-bond acceptors (Lipinski definition) is 8. The van der Waals surface area contributed by atoms with Gasteiger partial charge in [-0.25, -0.2) is 9.97 Å². The number of rotatable bonds is 6. The zero-order chi connectivity index (χ0) is 22.9. The van der Waals surface area contributed by atoms with Crippen molar-refractivity contribution >= 4 is 39.2 Å². The fraction of sp³-hybridized carbons (Fsp3) is 0.0417. The standard InChI is InChI=1S/C24H17N9O/c34-22(7-14-5-6-27-28-11-14)21-9-15-1-2-16(10-20(15)31-21)23-25-13-26-24(32-23)30-18-3-4-19-17(8-18)12-29-33-19/h1-6,8-13,31H,7H2,(H,29,33)(H,25,26,30,32). The number of nitrogens with one attached hydrogen (secondary N) is 3. The molecule has 0 saturated heterocycles. The Hall–Kier alpha value is -4.99. The maximum atomic E-state index is 12.7. The van der Waals surface area contributed by atoms with E-state index in [0.29, 0.717) is 17.5 Å². The van der Waals surface area contributed by atoms with Gasteiger partial charge in [-0.05, 0) is 42.0 Å². The number of hydrogen-bond donors (Lipinski definition) is 3. The highest BCUT2D eigenvalue weighted by molar-refractivity contribution is 6.01. The van der Waals surface area contributed by atoms with Crippen molar-refractivity contribution in [1.82, 2.24) is 40.3 Å². The van der Waals surface area contributed by atoms with E-state index in [1.165, 1.54) is 6.33 Å². The van der Waals surface area contributed by atoms with E-state index in [1.54, 1.807) is 24.7 Å². The summed E-state index contributed by atoms with van der Waals surface area (Å²) in [4.78, 5) is 29.0. The first kappa shape index (κ1) is 19.7. The monoisotopic (exact) mass is 447 g/mol. The number of fused-ring (bicyclic) bond motifs is 2. The Morgan fingerprint density at radius 3 is 2.79 bits per heavy atom. The van der Waals surface area contributed by atoms with Crippen molar-refractivity contribution in [1.29, 1.82) is 0 Å². The van der Waals surface area contributed by atoms with Crippen molar-refractivity contribution in [3.05, 3.63) is 84.7 Å². The first-order valence-corrected chi connectivity index (χ1v) is 10.5. The minimum absolute atomic E-state index is 0.0213. The first-order chi connectivity index (χ1) is 16.7. The molecular weight excluding hydrogens is 430 g/mol. The minimum atomic E-state index is -0.0213. The maximum absolute atomic E-state index is 12.7. The molecule has 2 aromatic carbocycles. The average molecular weight is 447 g/mol. The molecule has 3 N–H and O–H groups in total. The van der Waals surface area contributed by atoms with Crippen LogP contribution in [-0.4, -0.2) is 46.1 Å². The second-order valence-electron chi connectivity index (χ2n) is 7.77. The van der Waals surface area contributed by atoms with Crippen LogP contribution in [0, 0.1) is 0 Å². The van der Waals surface area contributed by atoms with Gasteiger partial charge in [0.1, 0.15) is 6.33 Å². The van der Waals surface area contributed by atoms with Gasteiger partial charge in [0, 0.05) is 40.2 Å². The summed E-state index contributed by atoms with van der Waals surface area (Å²) in [6.07, 6.45) is 6.66. The summed E-state index contributed by atoms with van der Waals surface area (Å²) in [5.41, 5.74) is 4.79. The summed E-state index contributed by atoms with van der Waals surface area (Å²) in [5, 5.41) is 19.7. The molecule has 0 fully saturated rings. The van der Waals surface area contributed by atoms with Crippen LogP contribution in [0.3, 0.4) is 0 Å². The summed E-state index contributed by atoms with van der Waals surface area (Å²) in [6, 6.07) is 15.3. The Kier molecular flexibility index (Phi) is 4.73. The highest BCUT2D eigenvalue weighted by Gasteiger charge is 2.12. The summed E-state index contributed by atoms with van der Waals surface area (Å²) in [7, 11) is 0. The molecule has 4 heterocycles. The van der Waals surface area contributed by atoms with Crippen LogP contribution in [0.1, 0.15) is 16.1 Å². The molecule has 0 aliphatic rings. The van der Waals surface area contributed by atoms with Gasteiger partial charge in [-0.15, -0.1) is 0 Å². The van der Waals surface area contributed by atoms with Crippen molar-refractivity contribution in [3.8, 4) is 11.4 Å². The SMILES string of the molecule is O=C(Cc1ccnnc1)c1cc2ccc(-c3ncnc(Nc4ccc5[nH]ncc5c4)n3)cc2[nH]1. The molecule has 34 heavy (non-hydrogen) atoms. The molecule has 164 valence electrons. The summed E-state index contributed by atoms with van der Waals surface area (Å²) in [5.74, 6) is 0.933. The zero-order valence-electron chi connectivity index (χ0n) is 17.7. The third kappa shape index (κ3) is 3.84. The Bertz CT molecular complexity index is 1640. The smallest absolute Gasteiger partial charge is 0.230 e. The van der Waals surface area contributed by atoms with Gasteiger partial charge in [-0.3, -0.25) is 9.89 Å². The number of carbonyl (C=O) groups is 1. The minimum Gasteiger partial charge on any atom is -0.352 e. The number of aromatic amines is 2. The topological polar surface area (TPSA) is 138 Å². The van der Waals surface area contributed by atoms with Gasteiger partial charge in [-0.2, -0.15) is 20.3 Å². The predicted octanol–water partition coefficient (Wildman–Crippen LogP) is 3.86. The molecule has 10 heteroatoms. The molecule has 0 saturated carbocycles. The Labute approximate surface area is 192 Å². The second kappa shape index (κ2) is 8.17. The fourth-order valence-electron chi connectivity index (χ4n) is 3.76. The highest BCUT2D eigenvalue weighted by atomic mass is 16.1. The van der Waals surface area contributed by atoms with E-state index in [9.17, 15) is 4.79 Å². The molecule has 4 aromatic heterocycles. The van der Waals surface area contributed by atoms with Gasteiger partial charge in [0.25, 0.3) is 0 Å². The highest BCUT2D eigenvalue weighted by Crippen LogP contribution is 2.24. The van der Waals surface area contributed by atoms with E-state index in [1.807, 2.05) is 42.5 Å². The number of H-pyrrole nitrogens is 2. The number of carbonyl (C=O) groups excluding carboxylic acids is 1.